The summed E-state index contributed by atoms with van der Waals surface area (Å²) in [5.74, 6) is 0. The van der Waals surface area contributed by atoms with Crippen molar-refractivity contribution in [2.45, 2.75) is 57.2 Å². The molecule has 0 aliphatic carbocycles. The summed E-state index contributed by atoms with van der Waals surface area (Å²) in [6.45, 7) is 2.21. The molecule has 2 atom stereocenters. The molecule has 98 valence electrons. The van der Waals surface area contributed by atoms with E-state index in [0.717, 1.165) is 12.8 Å². The molecule has 3 heteroatoms. The summed E-state index contributed by atoms with van der Waals surface area (Å²) in [6, 6.07) is 8.26. The van der Waals surface area contributed by atoms with E-state index >= 15 is 0 Å². The Morgan fingerprint density at radius 2 is 1.89 bits per heavy atom. The van der Waals surface area contributed by atoms with Crippen LogP contribution in [0, 0.1) is 6.92 Å². The number of halogens is 1. The highest BCUT2D eigenvalue weighted by Crippen LogP contribution is 2.39. The fourth-order valence-corrected chi connectivity index (χ4v) is 4.05. The Kier molecular flexibility index (Phi) is 3.37. The van der Waals surface area contributed by atoms with E-state index in [0.29, 0.717) is 18.1 Å². The third-order valence-electron chi connectivity index (χ3n) is 4.53. The van der Waals surface area contributed by atoms with Crippen molar-refractivity contribution in [1.82, 2.24) is 0 Å². The van der Waals surface area contributed by atoms with Crippen LogP contribution in [0.1, 0.15) is 37.7 Å². The number of benzene rings is 1. The van der Waals surface area contributed by atoms with Gasteiger partial charge < -0.3 is 10.6 Å². The van der Waals surface area contributed by atoms with E-state index < -0.39 is 0 Å². The minimum absolute atomic E-state index is 0.406. The lowest BCUT2D eigenvalue weighted by Gasteiger charge is -2.50. The van der Waals surface area contributed by atoms with Crippen LogP contribution in [0.4, 0.5) is 5.69 Å². The fourth-order valence-electron chi connectivity index (χ4n) is 3.69. The molecule has 0 saturated carbocycles. The lowest BCUT2D eigenvalue weighted by atomic mass is 9.81. The molecule has 2 saturated heterocycles. The molecule has 2 bridgehead atoms. The van der Waals surface area contributed by atoms with Crippen molar-refractivity contribution in [1.29, 1.82) is 0 Å². The zero-order chi connectivity index (χ0) is 12.7. The number of hydrogen-bond acceptors (Lipinski definition) is 2. The highest BCUT2D eigenvalue weighted by Gasteiger charge is 2.37. The minimum Gasteiger partial charge on any atom is -0.365 e. The molecule has 3 rings (SSSR count). The summed E-state index contributed by atoms with van der Waals surface area (Å²) in [6.07, 6.45) is 6.28. The summed E-state index contributed by atoms with van der Waals surface area (Å²) in [5.41, 5.74) is 8.97. The van der Waals surface area contributed by atoms with Gasteiger partial charge in [-0.15, -0.1) is 0 Å². The molecule has 2 nitrogen and oxygen atoms in total. The smallest absolute Gasteiger partial charge is 0.0412 e. The summed E-state index contributed by atoms with van der Waals surface area (Å²) in [4.78, 5) is 2.66. The van der Waals surface area contributed by atoms with Crippen molar-refractivity contribution in [3.8, 4) is 0 Å². The zero-order valence-electron chi connectivity index (χ0n) is 10.9. The lowest BCUT2D eigenvalue weighted by molar-refractivity contribution is 0.271. The second kappa shape index (κ2) is 4.86. The highest BCUT2D eigenvalue weighted by atomic mass is 79.9. The molecule has 18 heavy (non-hydrogen) atoms. The SMILES string of the molecule is Cc1c(Br)cccc1N1C2CCCC1CC(N)C2. The van der Waals surface area contributed by atoms with Crippen LogP contribution in [-0.2, 0) is 0 Å². The maximum atomic E-state index is 6.20. The lowest BCUT2D eigenvalue weighted by Crippen LogP contribution is -2.55. The number of piperidine rings is 2. The minimum atomic E-state index is 0.406. The van der Waals surface area contributed by atoms with Crippen molar-refractivity contribution >= 4 is 21.6 Å². The van der Waals surface area contributed by atoms with Crippen LogP contribution >= 0.6 is 15.9 Å². The molecule has 0 spiro atoms. The van der Waals surface area contributed by atoms with Gasteiger partial charge in [-0.3, -0.25) is 0 Å². The molecule has 0 amide bonds. The molecular weight excluding hydrogens is 288 g/mol. The maximum Gasteiger partial charge on any atom is 0.0412 e. The van der Waals surface area contributed by atoms with E-state index in [2.05, 4.69) is 46.0 Å². The Balaban J connectivity index is 1.98. The summed E-state index contributed by atoms with van der Waals surface area (Å²) in [7, 11) is 0. The van der Waals surface area contributed by atoms with Crippen LogP contribution in [-0.4, -0.2) is 18.1 Å². The number of fused-ring (bicyclic) bond motifs is 2. The molecular formula is C15H21BrN2. The van der Waals surface area contributed by atoms with Crippen LogP contribution in [0.2, 0.25) is 0 Å². The van der Waals surface area contributed by atoms with E-state index in [4.69, 9.17) is 5.73 Å². The third-order valence-corrected chi connectivity index (χ3v) is 5.39. The fraction of sp³-hybridized carbons (Fsp3) is 0.600. The van der Waals surface area contributed by atoms with Gasteiger partial charge in [0.15, 0.2) is 0 Å². The molecule has 2 aliphatic rings. The van der Waals surface area contributed by atoms with E-state index in [9.17, 15) is 0 Å². The molecule has 2 fully saturated rings. The van der Waals surface area contributed by atoms with Crippen LogP contribution in [0.15, 0.2) is 22.7 Å². The first-order chi connectivity index (χ1) is 8.66. The van der Waals surface area contributed by atoms with Crippen LogP contribution in [0.3, 0.4) is 0 Å². The number of rotatable bonds is 1. The number of anilines is 1. The van der Waals surface area contributed by atoms with Gasteiger partial charge in [-0.2, -0.15) is 0 Å². The average molecular weight is 309 g/mol. The molecule has 2 N–H and O–H groups in total. The predicted molar refractivity (Wildman–Crippen MR) is 80.0 cm³/mol. The van der Waals surface area contributed by atoms with Crippen molar-refractivity contribution in [3.05, 3.63) is 28.2 Å². The quantitative estimate of drug-likeness (QED) is 0.859. The van der Waals surface area contributed by atoms with Gasteiger partial charge in [0.25, 0.3) is 0 Å². The van der Waals surface area contributed by atoms with Crippen LogP contribution in [0.25, 0.3) is 0 Å². The van der Waals surface area contributed by atoms with Crippen LogP contribution in [0.5, 0.6) is 0 Å². The number of nitrogens with two attached hydrogens (primary N) is 1. The van der Waals surface area contributed by atoms with E-state index in [1.807, 2.05) is 0 Å². The first-order valence-electron chi connectivity index (χ1n) is 6.96. The van der Waals surface area contributed by atoms with Crippen molar-refractivity contribution in [2.75, 3.05) is 4.90 Å². The predicted octanol–water partition coefficient (Wildman–Crippen LogP) is 3.61. The molecule has 1 aromatic rings. The largest absolute Gasteiger partial charge is 0.365 e. The molecule has 1 aromatic carbocycles. The molecule has 2 aliphatic heterocycles. The van der Waals surface area contributed by atoms with E-state index in [1.165, 1.54) is 35.0 Å². The normalized spacial score (nSPS) is 31.5. The van der Waals surface area contributed by atoms with Gasteiger partial charge >= 0.3 is 0 Å². The summed E-state index contributed by atoms with van der Waals surface area (Å²) < 4.78 is 1.22. The molecule has 2 heterocycles. The standard InChI is InChI=1S/C15H21BrN2/c1-10-14(16)6-3-7-15(10)18-12-4-2-5-13(18)9-11(17)8-12/h3,6-7,11-13H,2,4-5,8-9,17H2,1H3. The molecule has 0 aromatic heterocycles. The first-order valence-corrected chi connectivity index (χ1v) is 7.75. The monoisotopic (exact) mass is 308 g/mol. The van der Waals surface area contributed by atoms with E-state index in [1.54, 1.807) is 0 Å². The first kappa shape index (κ1) is 12.5. The van der Waals surface area contributed by atoms with Gasteiger partial charge in [0.1, 0.15) is 0 Å². The van der Waals surface area contributed by atoms with Crippen LogP contribution < -0.4 is 10.6 Å². The van der Waals surface area contributed by atoms with Crippen molar-refractivity contribution in [2.24, 2.45) is 5.73 Å². The zero-order valence-corrected chi connectivity index (χ0v) is 12.5. The maximum absolute atomic E-state index is 6.20. The Morgan fingerprint density at radius 3 is 2.56 bits per heavy atom. The second-order valence-corrected chi connectivity index (χ2v) is 6.62. The Hall–Kier alpha value is -0.540. The van der Waals surface area contributed by atoms with Gasteiger partial charge in [0.05, 0.1) is 0 Å². The van der Waals surface area contributed by atoms with Gasteiger partial charge in [0, 0.05) is 28.3 Å². The Labute approximate surface area is 118 Å². The number of hydrogen-bond donors (Lipinski definition) is 1. The van der Waals surface area contributed by atoms with E-state index in [-0.39, 0.29) is 0 Å². The van der Waals surface area contributed by atoms with Crippen molar-refractivity contribution < 1.29 is 0 Å². The topological polar surface area (TPSA) is 29.3 Å². The van der Waals surface area contributed by atoms with Crippen molar-refractivity contribution in [3.63, 3.8) is 0 Å². The average Bonchev–Trinajstić information content (AvgIpc) is 2.32. The molecule has 0 radical (unpaired) electrons. The Morgan fingerprint density at radius 1 is 1.22 bits per heavy atom. The summed E-state index contributed by atoms with van der Waals surface area (Å²) >= 11 is 3.65. The van der Waals surface area contributed by atoms with Gasteiger partial charge in [0.2, 0.25) is 0 Å². The third kappa shape index (κ3) is 2.08. The molecule has 2 unspecified atom stereocenters. The highest BCUT2D eigenvalue weighted by molar-refractivity contribution is 9.10. The van der Waals surface area contributed by atoms with Gasteiger partial charge in [-0.1, -0.05) is 22.0 Å². The second-order valence-electron chi connectivity index (χ2n) is 5.76. The van der Waals surface area contributed by atoms with Gasteiger partial charge in [-0.25, -0.2) is 0 Å². The van der Waals surface area contributed by atoms with Gasteiger partial charge in [-0.05, 0) is 56.7 Å². The summed E-state index contributed by atoms with van der Waals surface area (Å²) in [5, 5.41) is 0. The number of nitrogens with zero attached hydrogens (tertiary/aromatic N) is 1. The Bertz CT molecular complexity index is 432.